The molecular formula is C22H33N5OS. The highest BCUT2D eigenvalue weighted by Crippen LogP contribution is 2.28. The van der Waals surface area contributed by atoms with Crippen LogP contribution in [0.25, 0.3) is 5.69 Å². The quantitative estimate of drug-likeness (QED) is 0.619. The van der Waals surface area contributed by atoms with E-state index in [1.807, 2.05) is 18.2 Å². The molecule has 0 aliphatic carbocycles. The molecular weight excluding hydrogens is 382 g/mol. The zero-order valence-corrected chi connectivity index (χ0v) is 18.6. The van der Waals surface area contributed by atoms with E-state index in [2.05, 4.69) is 57.9 Å². The molecule has 1 amide bonds. The summed E-state index contributed by atoms with van der Waals surface area (Å²) in [4.78, 5) is 14.7. The van der Waals surface area contributed by atoms with Gasteiger partial charge in [0.2, 0.25) is 11.9 Å². The van der Waals surface area contributed by atoms with Crippen molar-refractivity contribution in [2.75, 3.05) is 23.7 Å². The van der Waals surface area contributed by atoms with E-state index in [1.165, 1.54) is 31.0 Å². The molecule has 1 fully saturated rings. The summed E-state index contributed by atoms with van der Waals surface area (Å²) < 4.78 is 2.09. The molecule has 1 atom stereocenters. The summed E-state index contributed by atoms with van der Waals surface area (Å²) in [6.45, 7) is 8.50. The van der Waals surface area contributed by atoms with Gasteiger partial charge in [-0.3, -0.25) is 9.36 Å². The molecule has 1 aromatic heterocycles. The first kappa shape index (κ1) is 21.7. The van der Waals surface area contributed by atoms with Gasteiger partial charge in [0, 0.05) is 19.1 Å². The van der Waals surface area contributed by atoms with Gasteiger partial charge in [0.15, 0.2) is 5.16 Å². The Morgan fingerprint density at radius 2 is 1.79 bits per heavy atom. The standard InChI is InChI=1S/C22H33N5OS/c1-17(2)12-13-18(3)23-20(28)16-29-22-25-24-21(26-14-8-5-9-15-26)27(22)19-10-6-4-7-11-19/h4,6-7,10-11,17-18H,5,8-9,12-16H2,1-3H3,(H,23,28). The van der Waals surface area contributed by atoms with Gasteiger partial charge in [0.25, 0.3) is 0 Å². The van der Waals surface area contributed by atoms with E-state index >= 15 is 0 Å². The first-order valence-electron chi connectivity index (χ1n) is 10.7. The largest absolute Gasteiger partial charge is 0.353 e. The van der Waals surface area contributed by atoms with E-state index in [-0.39, 0.29) is 11.9 Å². The maximum absolute atomic E-state index is 12.4. The summed E-state index contributed by atoms with van der Waals surface area (Å²) in [6, 6.07) is 10.4. The highest BCUT2D eigenvalue weighted by atomic mass is 32.2. The van der Waals surface area contributed by atoms with E-state index in [1.54, 1.807) is 0 Å². The molecule has 2 heterocycles. The van der Waals surface area contributed by atoms with E-state index in [9.17, 15) is 4.79 Å². The summed E-state index contributed by atoms with van der Waals surface area (Å²) in [7, 11) is 0. The van der Waals surface area contributed by atoms with Gasteiger partial charge >= 0.3 is 0 Å². The fourth-order valence-corrected chi connectivity index (χ4v) is 4.32. The smallest absolute Gasteiger partial charge is 0.232 e. The molecule has 0 saturated carbocycles. The Balaban J connectivity index is 1.69. The molecule has 6 nitrogen and oxygen atoms in total. The van der Waals surface area contributed by atoms with Crippen molar-refractivity contribution in [2.45, 2.75) is 64.1 Å². The second-order valence-electron chi connectivity index (χ2n) is 8.23. The third kappa shape index (κ3) is 6.23. The minimum atomic E-state index is 0.0494. The maximum atomic E-state index is 12.4. The normalized spacial score (nSPS) is 15.5. The van der Waals surface area contributed by atoms with Crippen molar-refractivity contribution in [1.82, 2.24) is 20.1 Å². The van der Waals surface area contributed by atoms with Gasteiger partial charge in [-0.25, -0.2) is 0 Å². The fourth-order valence-electron chi connectivity index (χ4n) is 3.56. The molecule has 1 N–H and O–H groups in total. The van der Waals surface area contributed by atoms with Gasteiger partial charge in [-0.2, -0.15) is 0 Å². The summed E-state index contributed by atoms with van der Waals surface area (Å²) in [6.07, 6.45) is 5.76. The number of benzene rings is 1. The first-order chi connectivity index (χ1) is 14.0. The topological polar surface area (TPSA) is 63.1 Å². The van der Waals surface area contributed by atoms with Crippen molar-refractivity contribution < 1.29 is 4.79 Å². The molecule has 1 aliphatic heterocycles. The number of amides is 1. The van der Waals surface area contributed by atoms with E-state index in [0.29, 0.717) is 11.7 Å². The lowest BCUT2D eigenvalue weighted by molar-refractivity contribution is -0.119. The molecule has 158 valence electrons. The number of anilines is 1. The van der Waals surface area contributed by atoms with Crippen molar-refractivity contribution in [3.63, 3.8) is 0 Å². The zero-order chi connectivity index (χ0) is 20.6. The molecule has 2 aromatic rings. The van der Waals surface area contributed by atoms with Crippen LogP contribution in [0.15, 0.2) is 35.5 Å². The van der Waals surface area contributed by atoms with Crippen LogP contribution in [0.5, 0.6) is 0 Å². The van der Waals surface area contributed by atoms with Crippen molar-refractivity contribution in [3.8, 4) is 5.69 Å². The number of thioether (sulfide) groups is 1. The summed E-state index contributed by atoms with van der Waals surface area (Å²) in [5.41, 5.74) is 1.03. The number of nitrogens with zero attached hydrogens (tertiary/aromatic N) is 4. The monoisotopic (exact) mass is 415 g/mol. The lowest BCUT2D eigenvalue weighted by Crippen LogP contribution is -2.34. The number of hydrogen-bond acceptors (Lipinski definition) is 5. The Labute approximate surface area is 178 Å². The van der Waals surface area contributed by atoms with Crippen LogP contribution in [0.1, 0.15) is 52.9 Å². The van der Waals surface area contributed by atoms with Crippen LogP contribution in [0.3, 0.4) is 0 Å². The second kappa shape index (κ2) is 10.7. The number of rotatable bonds is 9. The molecule has 1 aliphatic rings. The highest BCUT2D eigenvalue weighted by Gasteiger charge is 2.22. The molecule has 1 saturated heterocycles. The number of carbonyl (C=O) groups excluding carboxylic acids is 1. The lowest BCUT2D eigenvalue weighted by atomic mass is 10.0. The number of nitrogens with one attached hydrogen (secondary N) is 1. The Morgan fingerprint density at radius 3 is 2.48 bits per heavy atom. The Morgan fingerprint density at radius 1 is 1.07 bits per heavy atom. The predicted octanol–water partition coefficient (Wildman–Crippen LogP) is 4.29. The number of para-hydroxylation sites is 1. The predicted molar refractivity (Wildman–Crippen MR) is 120 cm³/mol. The average Bonchev–Trinajstić information content (AvgIpc) is 3.16. The van der Waals surface area contributed by atoms with Crippen molar-refractivity contribution in [2.24, 2.45) is 5.92 Å². The molecule has 29 heavy (non-hydrogen) atoms. The van der Waals surface area contributed by atoms with Crippen LogP contribution in [0, 0.1) is 5.92 Å². The highest BCUT2D eigenvalue weighted by molar-refractivity contribution is 7.99. The van der Waals surface area contributed by atoms with Crippen LogP contribution >= 0.6 is 11.8 Å². The van der Waals surface area contributed by atoms with Crippen LogP contribution in [-0.4, -0.2) is 45.6 Å². The Bertz CT molecular complexity index is 771. The molecule has 0 radical (unpaired) electrons. The third-order valence-electron chi connectivity index (χ3n) is 5.19. The number of carbonyl (C=O) groups is 1. The summed E-state index contributed by atoms with van der Waals surface area (Å²) in [5.74, 6) is 1.93. The van der Waals surface area contributed by atoms with Gasteiger partial charge in [-0.1, -0.05) is 43.8 Å². The van der Waals surface area contributed by atoms with Crippen LogP contribution in [0.4, 0.5) is 5.95 Å². The average molecular weight is 416 g/mol. The lowest BCUT2D eigenvalue weighted by Gasteiger charge is -2.27. The molecule has 1 unspecified atom stereocenters. The molecule has 7 heteroatoms. The van der Waals surface area contributed by atoms with Crippen LogP contribution in [-0.2, 0) is 4.79 Å². The number of aromatic nitrogens is 3. The van der Waals surface area contributed by atoms with E-state index < -0.39 is 0 Å². The number of piperidine rings is 1. The van der Waals surface area contributed by atoms with Gasteiger partial charge in [0.1, 0.15) is 0 Å². The van der Waals surface area contributed by atoms with Crippen molar-refractivity contribution in [3.05, 3.63) is 30.3 Å². The molecule has 1 aromatic carbocycles. The van der Waals surface area contributed by atoms with Gasteiger partial charge in [-0.05, 0) is 57.1 Å². The Kier molecular flexibility index (Phi) is 7.98. The van der Waals surface area contributed by atoms with Crippen LogP contribution in [0.2, 0.25) is 0 Å². The van der Waals surface area contributed by atoms with Gasteiger partial charge < -0.3 is 10.2 Å². The van der Waals surface area contributed by atoms with Crippen molar-refractivity contribution >= 4 is 23.6 Å². The van der Waals surface area contributed by atoms with E-state index in [4.69, 9.17) is 0 Å². The van der Waals surface area contributed by atoms with Gasteiger partial charge in [-0.15, -0.1) is 10.2 Å². The van der Waals surface area contributed by atoms with Gasteiger partial charge in [0.05, 0.1) is 11.4 Å². The summed E-state index contributed by atoms with van der Waals surface area (Å²) >= 11 is 1.45. The fraction of sp³-hybridized carbons (Fsp3) is 0.591. The Hall–Kier alpha value is -2.02. The second-order valence-corrected chi connectivity index (χ2v) is 9.17. The number of hydrogen-bond donors (Lipinski definition) is 1. The maximum Gasteiger partial charge on any atom is 0.232 e. The molecule has 0 spiro atoms. The zero-order valence-electron chi connectivity index (χ0n) is 17.8. The third-order valence-corrected chi connectivity index (χ3v) is 6.12. The molecule has 0 bridgehead atoms. The van der Waals surface area contributed by atoms with Crippen molar-refractivity contribution in [1.29, 1.82) is 0 Å². The first-order valence-corrected chi connectivity index (χ1v) is 11.7. The summed E-state index contributed by atoms with van der Waals surface area (Å²) in [5, 5.41) is 12.8. The van der Waals surface area contributed by atoms with Crippen LogP contribution < -0.4 is 10.2 Å². The minimum absolute atomic E-state index is 0.0494. The SMILES string of the molecule is CC(C)CCC(C)NC(=O)CSc1nnc(N2CCCCC2)n1-c1ccccc1. The minimum Gasteiger partial charge on any atom is -0.353 e. The van der Waals surface area contributed by atoms with E-state index in [0.717, 1.165) is 42.7 Å². The molecule has 3 rings (SSSR count).